The normalized spacial score (nSPS) is 11.0. The number of hydrogen-bond donors (Lipinski definition) is 1. The van der Waals surface area contributed by atoms with E-state index in [1.807, 2.05) is 26.8 Å². The molecule has 0 saturated carbocycles. The fourth-order valence-electron chi connectivity index (χ4n) is 2.66. The van der Waals surface area contributed by atoms with Crippen molar-refractivity contribution in [1.82, 2.24) is 24.9 Å². The molecule has 10 heteroatoms. The Kier molecular flexibility index (Phi) is 6.30. The lowest BCUT2D eigenvalue weighted by Crippen LogP contribution is -2.23. The number of carbonyl (C=O) groups is 1. The standard InChI is InChI=1S/C18H22N6O3S/c1-4-10-24-11(3)6-7-12(17(24)26)16-20-14(27-23-16)9-8-13(25)19-18-22-21-15(5-2)28-18/h6-7H,4-5,8-10H2,1-3H3,(H,19,22,25). The second-order valence-corrected chi connectivity index (χ2v) is 7.32. The van der Waals surface area contributed by atoms with Gasteiger partial charge in [0, 0.05) is 25.1 Å². The molecule has 9 nitrogen and oxygen atoms in total. The molecule has 3 aromatic rings. The van der Waals surface area contributed by atoms with Crippen LogP contribution in [0, 0.1) is 6.92 Å². The molecule has 1 N–H and O–H groups in total. The molecule has 1 amide bonds. The number of amides is 1. The number of nitrogens with one attached hydrogen (secondary N) is 1. The lowest BCUT2D eigenvalue weighted by molar-refractivity contribution is -0.116. The minimum Gasteiger partial charge on any atom is -0.339 e. The van der Waals surface area contributed by atoms with E-state index in [0.29, 0.717) is 23.1 Å². The van der Waals surface area contributed by atoms with Gasteiger partial charge in [0.25, 0.3) is 5.56 Å². The van der Waals surface area contributed by atoms with Crippen LogP contribution in [0.4, 0.5) is 5.13 Å². The molecule has 0 aliphatic rings. The summed E-state index contributed by atoms with van der Waals surface area (Å²) in [5, 5.41) is 15.8. The van der Waals surface area contributed by atoms with E-state index in [0.717, 1.165) is 23.5 Å². The summed E-state index contributed by atoms with van der Waals surface area (Å²) < 4.78 is 6.91. The quantitative estimate of drug-likeness (QED) is 0.615. The van der Waals surface area contributed by atoms with Crippen LogP contribution in [-0.4, -0.2) is 30.8 Å². The predicted octanol–water partition coefficient (Wildman–Crippen LogP) is 2.60. The monoisotopic (exact) mass is 402 g/mol. The molecule has 0 spiro atoms. The summed E-state index contributed by atoms with van der Waals surface area (Å²) in [7, 11) is 0. The first kappa shape index (κ1) is 19.9. The topological polar surface area (TPSA) is 116 Å². The number of nitrogens with zero attached hydrogens (tertiary/aromatic N) is 5. The summed E-state index contributed by atoms with van der Waals surface area (Å²) in [5.74, 6) is 0.333. The fourth-order valence-corrected chi connectivity index (χ4v) is 3.35. The first-order chi connectivity index (χ1) is 13.5. The number of rotatable bonds is 8. The van der Waals surface area contributed by atoms with E-state index in [2.05, 4.69) is 25.7 Å². The van der Waals surface area contributed by atoms with E-state index in [1.54, 1.807) is 10.6 Å². The zero-order valence-corrected chi connectivity index (χ0v) is 16.9. The first-order valence-electron chi connectivity index (χ1n) is 9.17. The minimum atomic E-state index is -0.209. The number of aryl methyl sites for hydroxylation is 3. The fraction of sp³-hybridized carbons (Fsp3) is 0.444. The van der Waals surface area contributed by atoms with E-state index < -0.39 is 0 Å². The van der Waals surface area contributed by atoms with Gasteiger partial charge in [-0.2, -0.15) is 4.98 Å². The lowest BCUT2D eigenvalue weighted by Gasteiger charge is -2.09. The maximum Gasteiger partial charge on any atom is 0.261 e. The van der Waals surface area contributed by atoms with Crippen molar-refractivity contribution in [3.63, 3.8) is 0 Å². The van der Waals surface area contributed by atoms with Crippen molar-refractivity contribution in [1.29, 1.82) is 0 Å². The predicted molar refractivity (Wildman–Crippen MR) is 105 cm³/mol. The molecule has 0 saturated heterocycles. The molecule has 0 atom stereocenters. The SMILES string of the molecule is CCCn1c(C)ccc(-c2noc(CCC(=O)Nc3nnc(CC)s3)n2)c1=O. The highest BCUT2D eigenvalue weighted by atomic mass is 32.1. The average molecular weight is 402 g/mol. The van der Waals surface area contributed by atoms with Gasteiger partial charge in [0.05, 0.1) is 5.56 Å². The van der Waals surface area contributed by atoms with Gasteiger partial charge in [-0.15, -0.1) is 10.2 Å². The molecular weight excluding hydrogens is 380 g/mol. The first-order valence-corrected chi connectivity index (χ1v) is 9.99. The van der Waals surface area contributed by atoms with Gasteiger partial charge in [-0.25, -0.2) is 0 Å². The Morgan fingerprint density at radius 3 is 2.82 bits per heavy atom. The zero-order valence-electron chi connectivity index (χ0n) is 16.1. The Morgan fingerprint density at radius 1 is 1.29 bits per heavy atom. The van der Waals surface area contributed by atoms with Crippen molar-refractivity contribution in [3.8, 4) is 11.4 Å². The molecule has 0 fully saturated rings. The summed E-state index contributed by atoms with van der Waals surface area (Å²) in [6.45, 7) is 6.52. The van der Waals surface area contributed by atoms with Gasteiger partial charge in [0.2, 0.25) is 22.8 Å². The molecule has 3 aromatic heterocycles. The number of anilines is 1. The molecule has 0 aliphatic carbocycles. The number of aromatic nitrogens is 5. The van der Waals surface area contributed by atoms with Crippen molar-refractivity contribution in [3.05, 3.63) is 39.1 Å². The van der Waals surface area contributed by atoms with Crippen molar-refractivity contribution >= 4 is 22.4 Å². The van der Waals surface area contributed by atoms with Gasteiger partial charge in [0.1, 0.15) is 5.01 Å². The van der Waals surface area contributed by atoms with Crippen LogP contribution in [0.5, 0.6) is 0 Å². The van der Waals surface area contributed by atoms with E-state index in [4.69, 9.17) is 4.52 Å². The summed E-state index contributed by atoms with van der Waals surface area (Å²) in [4.78, 5) is 29.0. The van der Waals surface area contributed by atoms with Crippen LogP contribution in [0.1, 0.15) is 43.3 Å². The summed E-state index contributed by atoms with van der Waals surface area (Å²) in [6, 6.07) is 3.56. The third kappa shape index (κ3) is 4.50. The van der Waals surface area contributed by atoms with E-state index in [-0.39, 0.29) is 30.1 Å². The third-order valence-electron chi connectivity index (χ3n) is 4.13. The van der Waals surface area contributed by atoms with Gasteiger partial charge in [-0.3, -0.25) is 9.59 Å². The molecule has 0 unspecified atom stereocenters. The summed E-state index contributed by atoms with van der Waals surface area (Å²) in [5.41, 5.74) is 1.13. The lowest BCUT2D eigenvalue weighted by atomic mass is 10.2. The van der Waals surface area contributed by atoms with E-state index in [1.165, 1.54) is 11.3 Å². The Morgan fingerprint density at radius 2 is 2.11 bits per heavy atom. The van der Waals surface area contributed by atoms with Crippen LogP contribution < -0.4 is 10.9 Å². The maximum atomic E-state index is 12.7. The number of carbonyl (C=O) groups excluding carboxylic acids is 1. The maximum absolute atomic E-state index is 12.7. The minimum absolute atomic E-state index is 0.144. The number of pyridine rings is 1. The molecule has 3 rings (SSSR count). The van der Waals surface area contributed by atoms with E-state index >= 15 is 0 Å². The van der Waals surface area contributed by atoms with Crippen LogP contribution >= 0.6 is 11.3 Å². The highest BCUT2D eigenvalue weighted by Crippen LogP contribution is 2.16. The van der Waals surface area contributed by atoms with Crippen LogP contribution in [0.2, 0.25) is 0 Å². The Bertz CT molecular complexity index is 1020. The van der Waals surface area contributed by atoms with Gasteiger partial charge >= 0.3 is 0 Å². The van der Waals surface area contributed by atoms with Crippen LogP contribution in [0.15, 0.2) is 21.5 Å². The molecule has 28 heavy (non-hydrogen) atoms. The van der Waals surface area contributed by atoms with Crippen molar-refractivity contribution in [2.45, 2.75) is 53.0 Å². The van der Waals surface area contributed by atoms with Gasteiger partial charge < -0.3 is 14.4 Å². The average Bonchev–Trinajstić information content (AvgIpc) is 3.33. The van der Waals surface area contributed by atoms with Crippen LogP contribution in [0.25, 0.3) is 11.4 Å². The van der Waals surface area contributed by atoms with Gasteiger partial charge in [-0.05, 0) is 31.9 Å². The summed E-state index contributed by atoms with van der Waals surface area (Å²) >= 11 is 1.35. The summed E-state index contributed by atoms with van der Waals surface area (Å²) in [6.07, 6.45) is 2.06. The Hall–Kier alpha value is -2.88. The van der Waals surface area contributed by atoms with Crippen molar-refractivity contribution in [2.75, 3.05) is 5.32 Å². The second-order valence-electron chi connectivity index (χ2n) is 6.26. The van der Waals surface area contributed by atoms with Crippen molar-refractivity contribution in [2.24, 2.45) is 0 Å². The van der Waals surface area contributed by atoms with Crippen molar-refractivity contribution < 1.29 is 9.32 Å². The molecular formula is C18H22N6O3S. The smallest absolute Gasteiger partial charge is 0.261 e. The largest absolute Gasteiger partial charge is 0.339 e. The zero-order chi connectivity index (χ0) is 20.1. The third-order valence-corrected chi connectivity index (χ3v) is 5.11. The Balaban J connectivity index is 1.65. The van der Waals surface area contributed by atoms with Gasteiger partial charge in [-0.1, -0.05) is 30.3 Å². The molecule has 0 radical (unpaired) electrons. The number of hydrogen-bond acceptors (Lipinski definition) is 8. The highest BCUT2D eigenvalue weighted by molar-refractivity contribution is 7.15. The van der Waals surface area contributed by atoms with Crippen LogP contribution in [-0.2, 0) is 24.2 Å². The van der Waals surface area contributed by atoms with Gasteiger partial charge in [0.15, 0.2) is 0 Å². The molecule has 148 valence electrons. The highest BCUT2D eigenvalue weighted by Gasteiger charge is 2.16. The molecule has 3 heterocycles. The Labute approximate surface area is 165 Å². The second kappa shape index (κ2) is 8.87. The molecule has 0 aromatic carbocycles. The molecule has 0 bridgehead atoms. The van der Waals surface area contributed by atoms with Crippen LogP contribution in [0.3, 0.4) is 0 Å². The van der Waals surface area contributed by atoms with E-state index in [9.17, 15) is 9.59 Å². The molecule has 0 aliphatic heterocycles.